The maximum atomic E-state index is 6.40. The highest BCUT2D eigenvalue weighted by Crippen LogP contribution is 2.54. The van der Waals surface area contributed by atoms with E-state index < -0.39 is 6.04 Å². The van der Waals surface area contributed by atoms with Gasteiger partial charge in [0, 0.05) is 6.04 Å². The van der Waals surface area contributed by atoms with E-state index in [9.17, 15) is 0 Å². The lowest BCUT2D eigenvalue weighted by Crippen LogP contribution is -2.28. The van der Waals surface area contributed by atoms with E-state index in [1.807, 2.05) is 0 Å². The number of hydrogen-bond donors (Lipinski definition) is 0. The molecule has 0 spiro atoms. The summed E-state index contributed by atoms with van der Waals surface area (Å²) >= 11 is 6.40. The Labute approximate surface area is 133 Å². The Morgan fingerprint density at radius 2 is 1.19 bits per heavy atom. The van der Waals surface area contributed by atoms with Crippen LogP contribution in [0.5, 0.6) is 0 Å². The highest BCUT2D eigenvalue weighted by molar-refractivity contribution is 8.22. The van der Waals surface area contributed by atoms with Crippen molar-refractivity contribution in [2.24, 2.45) is 5.92 Å². The molecular weight excluding hydrogens is 291 g/mol. The first kappa shape index (κ1) is 15.0. The lowest BCUT2D eigenvalue weighted by atomic mass is 9.91. The third-order valence-electron chi connectivity index (χ3n) is 4.78. The highest BCUT2D eigenvalue weighted by Gasteiger charge is 2.34. The van der Waals surface area contributed by atoms with Crippen molar-refractivity contribution in [3.05, 3.63) is 60.7 Å². The van der Waals surface area contributed by atoms with Crippen LogP contribution in [0.15, 0.2) is 60.7 Å². The average Bonchev–Trinajstić information content (AvgIpc) is 2.56. The van der Waals surface area contributed by atoms with Crippen molar-refractivity contribution in [1.29, 1.82) is 0 Å². The van der Waals surface area contributed by atoms with Crippen molar-refractivity contribution in [3.8, 4) is 0 Å². The van der Waals surface area contributed by atoms with Crippen molar-refractivity contribution in [3.63, 3.8) is 0 Å². The molecule has 0 amide bonds. The lowest BCUT2D eigenvalue weighted by molar-refractivity contribution is 0.391. The van der Waals surface area contributed by atoms with Crippen molar-refractivity contribution in [1.82, 2.24) is 0 Å². The molecule has 110 valence electrons. The summed E-state index contributed by atoms with van der Waals surface area (Å²) in [7, 11) is 0. The summed E-state index contributed by atoms with van der Waals surface area (Å²) in [5.41, 5.74) is 0.675. The molecule has 0 saturated heterocycles. The van der Waals surface area contributed by atoms with Gasteiger partial charge in [0.15, 0.2) is 0 Å². The minimum atomic E-state index is -1.69. The zero-order valence-electron chi connectivity index (χ0n) is 12.6. The summed E-state index contributed by atoms with van der Waals surface area (Å²) in [5.74, 6) is 0.872. The average molecular weight is 314 g/mol. The molecular formula is C19H23PS. The maximum absolute atomic E-state index is 6.40. The van der Waals surface area contributed by atoms with Gasteiger partial charge < -0.3 is 0 Å². The van der Waals surface area contributed by atoms with E-state index in [1.54, 1.807) is 0 Å². The fourth-order valence-corrected chi connectivity index (χ4v) is 8.24. The van der Waals surface area contributed by atoms with Crippen molar-refractivity contribution in [2.75, 3.05) is 0 Å². The summed E-state index contributed by atoms with van der Waals surface area (Å²) in [6.45, 7) is 2.38. The van der Waals surface area contributed by atoms with E-state index in [-0.39, 0.29) is 0 Å². The van der Waals surface area contributed by atoms with Gasteiger partial charge >= 0.3 is 0 Å². The predicted molar refractivity (Wildman–Crippen MR) is 97.9 cm³/mol. The number of rotatable bonds is 3. The molecule has 1 aliphatic rings. The first-order valence-electron chi connectivity index (χ1n) is 7.92. The van der Waals surface area contributed by atoms with E-state index in [0.29, 0.717) is 5.66 Å². The molecule has 0 aliphatic heterocycles. The summed E-state index contributed by atoms with van der Waals surface area (Å²) in [6, 6.07) is 20.1. The summed E-state index contributed by atoms with van der Waals surface area (Å²) in [6.07, 6.45) is 5.26. The first-order valence-corrected chi connectivity index (χ1v) is 10.8. The molecule has 1 saturated carbocycles. The smallest absolute Gasteiger partial charge is 0.0135 e. The Bertz CT molecular complexity index is 569. The van der Waals surface area contributed by atoms with Crippen LogP contribution in [0, 0.1) is 5.92 Å². The number of benzene rings is 2. The van der Waals surface area contributed by atoms with E-state index in [0.717, 1.165) is 5.92 Å². The van der Waals surface area contributed by atoms with Crippen molar-refractivity contribution < 1.29 is 0 Å². The third kappa shape index (κ3) is 3.00. The van der Waals surface area contributed by atoms with Gasteiger partial charge in [0.2, 0.25) is 0 Å². The van der Waals surface area contributed by atoms with E-state index in [4.69, 9.17) is 11.8 Å². The molecule has 0 unspecified atom stereocenters. The van der Waals surface area contributed by atoms with Gasteiger partial charge in [0.25, 0.3) is 0 Å². The standard InChI is InChI=1S/C19H23PS/c1-16-12-14-19(15-13-16)20(21,17-8-4-2-5-9-17)18-10-6-3-7-11-18/h2-11,16,19H,12-15H2,1H3. The molecule has 0 radical (unpaired) electrons. The monoisotopic (exact) mass is 314 g/mol. The molecule has 0 aromatic heterocycles. The zero-order chi connectivity index (χ0) is 14.7. The molecule has 21 heavy (non-hydrogen) atoms. The Kier molecular flexibility index (Phi) is 4.62. The van der Waals surface area contributed by atoms with E-state index in [1.165, 1.54) is 36.3 Å². The molecule has 0 bridgehead atoms. The second-order valence-electron chi connectivity index (χ2n) is 6.24. The molecule has 1 aliphatic carbocycles. The fourth-order valence-electron chi connectivity index (χ4n) is 3.48. The molecule has 2 aromatic carbocycles. The topological polar surface area (TPSA) is 0 Å². The minimum Gasteiger partial charge on any atom is -0.0873 e. The molecule has 3 rings (SSSR count). The normalized spacial score (nSPS) is 22.9. The van der Waals surface area contributed by atoms with Crippen LogP contribution < -0.4 is 10.6 Å². The second kappa shape index (κ2) is 6.46. The summed E-state index contributed by atoms with van der Waals surface area (Å²) in [5, 5.41) is 2.79. The van der Waals surface area contributed by atoms with Crippen molar-refractivity contribution >= 4 is 28.5 Å². The SMILES string of the molecule is CC1CCC(P(=S)(c2ccccc2)c2ccccc2)CC1. The van der Waals surface area contributed by atoms with Crippen LogP contribution in [-0.4, -0.2) is 5.66 Å². The van der Waals surface area contributed by atoms with Crippen LogP contribution in [0.25, 0.3) is 0 Å². The summed E-state index contributed by atoms with van der Waals surface area (Å²) < 4.78 is 0. The Morgan fingerprint density at radius 1 is 0.762 bits per heavy atom. The minimum absolute atomic E-state index is 0.675. The van der Waals surface area contributed by atoms with Crippen LogP contribution in [0.3, 0.4) is 0 Å². The van der Waals surface area contributed by atoms with E-state index in [2.05, 4.69) is 67.6 Å². The molecule has 1 fully saturated rings. The molecule has 0 nitrogen and oxygen atoms in total. The van der Waals surface area contributed by atoms with Gasteiger partial charge in [-0.15, -0.1) is 0 Å². The number of hydrogen-bond acceptors (Lipinski definition) is 1. The zero-order valence-corrected chi connectivity index (χ0v) is 14.3. The molecule has 2 heteroatoms. The van der Waals surface area contributed by atoms with Crippen molar-refractivity contribution in [2.45, 2.75) is 38.3 Å². The Hall–Kier alpha value is -0.910. The Balaban J connectivity index is 2.06. The predicted octanol–water partition coefficient (Wildman–Crippen LogP) is 4.70. The van der Waals surface area contributed by atoms with Gasteiger partial charge in [0.1, 0.15) is 0 Å². The Morgan fingerprint density at radius 3 is 1.62 bits per heavy atom. The van der Waals surface area contributed by atoms with E-state index >= 15 is 0 Å². The largest absolute Gasteiger partial charge is 0.0873 e. The van der Waals surface area contributed by atoms with Crippen LogP contribution in [0.2, 0.25) is 0 Å². The van der Waals surface area contributed by atoms with Gasteiger partial charge in [-0.2, -0.15) is 0 Å². The van der Waals surface area contributed by atoms with Crippen LogP contribution in [0.1, 0.15) is 32.6 Å². The van der Waals surface area contributed by atoms with Gasteiger partial charge in [-0.3, -0.25) is 0 Å². The van der Waals surface area contributed by atoms with Gasteiger partial charge in [-0.05, 0) is 35.0 Å². The maximum Gasteiger partial charge on any atom is 0.0135 e. The summed E-state index contributed by atoms with van der Waals surface area (Å²) in [4.78, 5) is 0. The third-order valence-corrected chi connectivity index (χ3v) is 10.6. The van der Waals surface area contributed by atoms with Crippen LogP contribution >= 0.6 is 6.04 Å². The van der Waals surface area contributed by atoms with Gasteiger partial charge in [-0.25, -0.2) is 0 Å². The second-order valence-corrected chi connectivity index (χ2v) is 11.0. The molecule has 0 heterocycles. The lowest BCUT2D eigenvalue weighted by Gasteiger charge is -2.36. The van der Waals surface area contributed by atoms with Gasteiger partial charge in [-0.1, -0.05) is 92.2 Å². The first-order chi connectivity index (χ1) is 10.2. The highest BCUT2D eigenvalue weighted by atomic mass is 32.4. The molecule has 0 atom stereocenters. The molecule has 0 N–H and O–H groups in total. The van der Waals surface area contributed by atoms with Crippen LogP contribution in [-0.2, 0) is 11.8 Å². The van der Waals surface area contributed by atoms with Gasteiger partial charge in [0.05, 0.1) is 0 Å². The fraction of sp³-hybridized carbons (Fsp3) is 0.368. The van der Waals surface area contributed by atoms with Crippen LogP contribution in [0.4, 0.5) is 0 Å². The molecule has 2 aromatic rings. The quantitative estimate of drug-likeness (QED) is 0.740.